The summed E-state index contributed by atoms with van der Waals surface area (Å²) >= 11 is 0. The zero-order valence-electron chi connectivity index (χ0n) is 15.5. The van der Waals surface area contributed by atoms with E-state index in [0.717, 1.165) is 12.8 Å². The molecule has 1 amide bonds. The number of hydrogen-bond donors (Lipinski definition) is 2. The molecule has 0 aliphatic carbocycles. The van der Waals surface area contributed by atoms with E-state index in [0.29, 0.717) is 11.5 Å². The molecule has 1 atom stereocenters. The summed E-state index contributed by atoms with van der Waals surface area (Å²) < 4.78 is 31.5. The number of benzene rings is 1. The Morgan fingerprint density at radius 1 is 1.24 bits per heavy atom. The summed E-state index contributed by atoms with van der Waals surface area (Å²) in [6.45, 7) is 6.27. The Hall–Kier alpha value is -1.86. The van der Waals surface area contributed by atoms with Gasteiger partial charge < -0.3 is 10.1 Å². The van der Waals surface area contributed by atoms with Gasteiger partial charge in [-0.05, 0) is 56.5 Å². The fourth-order valence-corrected chi connectivity index (χ4v) is 3.16. The molecule has 7 heteroatoms. The lowest BCUT2D eigenvalue weighted by molar-refractivity contribution is -0.117. The van der Waals surface area contributed by atoms with Gasteiger partial charge in [0, 0.05) is 12.1 Å². The molecule has 0 bridgehead atoms. The van der Waals surface area contributed by atoms with Crippen LogP contribution in [0.5, 0.6) is 5.75 Å². The number of hydrogen-bond acceptors (Lipinski definition) is 4. The molecule has 0 saturated carbocycles. The average Bonchev–Trinajstić information content (AvgIpc) is 2.57. The van der Waals surface area contributed by atoms with E-state index < -0.39 is 10.0 Å². The summed E-state index contributed by atoms with van der Waals surface area (Å²) in [5.74, 6) is 0.644. The van der Waals surface area contributed by atoms with E-state index in [2.05, 4.69) is 23.9 Å². The Balaban J connectivity index is 2.84. The predicted molar refractivity (Wildman–Crippen MR) is 100.0 cm³/mol. The monoisotopic (exact) mass is 368 g/mol. The van der Waals surface area contributed by atoms with Crippen molar-refractivity contribution in [2.75, 3.05) is 14.2 Å². The second-order valence-electron chi connectivity index (χ2n) is 6.33. The Kier molecular flexibility index (Phi) is 8.12. The summed E-state index contributed by atoms with van der Waals surface area (Å²) in [4.78, 5) is 12.0. The Bertz CT molecular complexity index is 712. The molecular weight excluding hydrogens is 340 g/mol. The largest absolute Gasteiger partial charge is 0.495 e. The van der Waals surface area contributed by atoms with Crippen molar-refractivity contribution in [3.05, 3.63) is 29.8 Å². The van der Waals surface area contributed by atoms with E-state index in [9.17, 15) is 13.2 Å². The fourth-order valence-electron chi connectivity index (χ4n) is 2.24. The molecule has 2 N–H and O–H groups in total. The lowest BCUT2D eigenvalue weighted by Crippen LogP contribution is -2.31. The highest BCUT2D eigenvalue weighted by Crippen LogP contribution is 2.25. The summed E-state index contributed by atoms with van der Waals surface area (Å²) in [5.41, 5.74) is 0.597. The first kappa shape index (κ1) is 21.2. The molecule has 1 aromatic rings. The van der Waals surface area contributed by atoms with Crippen LogP contribution in [0.3, 0.4) is 0 Å². The molecule has 0 radical (unpaired) electrons. The van der Waals surface area contributed by atoms with Gasteiger partial charge in [-0.1, -0.05) is 19.9 Å². The summed E-state index contributed by atoms with van der Waals surface area (Å²) in [7, 11) is -0.901. The first-order valence-corrected chi connectivity index (χ1v) is 9.78. The molecule has 25 heavy (non-hydrogen) atoms. The highest BCUT2D eigenvalue weighted by atomic mass is 32.2. The number of carbonyl (C=O) groups is 1. The quantitative estimate of drug-likeness (QED) is 0.656. The van der Waals surface area contributed by atoms with Crippen molar-refractivity contribution in [3.63, 3.8) is 0 Å². The Labute approximate surface area is 150 Å². The predicted octanol–water partition coefficient (Wildman–Crippen LogP) is 2.56. The van der Waals surface area contributed by atoms with Gasteiger partial charge in [-0.2, -0.15) is 0 Å². The number of sulfonamides is 1. The molecule has 1 aromatic carbocycles. The zero-order chi connectivity index (χ0) is 19.0. The fraction of sp³-hybridized carbons (Fsp3) is 0.500. The van der Waals surface area contributed by atoms with E-state index in [4.69, 9.17) is 4.74 Å². The minimum Gasteiger partial charge on any atom is -0.495 e. The van der Waals surface area contributed by atoms with Crippen LogP contribution in [0.15, 0.2) is 29.2 Å². The van der Waals surface area contributed by atoms with Crippen molar-refractivity contribution in [1.82, 2.24) is 10.0 Å². The molecule has 0 aliphatic rings. The molecule has 0 aliphatic heterocycles. The van der Waals surface area contributed by atoms with E-state index in [1.807, 2.05) is 6.92 Å². The van der Waals surface area contributed by atoms with Crippen LogP contribution in [0.25, 0.3) is 6.08 Å². The molecule has 1 unspecified atom stereocenters. The molecule has 6 nitrogen and oxygen atoms in total. The molecule has 0 fully saturated rings. The SMILES string of the molecule is CNS(=O)(=O)c1cc(/C=C/C(=O)NC(C)CCC(C)C)ccc1OC. The van der Waals surface area contributed by atoms with E-state index in [1.165, 1.54) is 26.3 Å². The van der Waals surface area contributed by atoms with Crippen molar-refractivity contribution >= 4 is 22.0 Å². The van der Waals surface area contributed by atoms with Gasteiger partial charge in [0.15, 0.2) is 0 Å². The maximum absolute atomic E-state index is 12.0. The normalized spacial score (nSPS) is 13.2. The van der Waals surface area contributed by atoms with Gasteiger partial charge in [0.25, 0.3) is 0 Å². The summed E-state index contributed by atoms with van der Waals surface area (Å²) in [6.07, 6.45) is 4.96. The molecule has 0 saturated heterocycles. The number of rotatable bonds is 9. The number of methoxy groups -OCH3 is 1. The molecule has 0 aromatic heterocycles. The van der Waals surface area contributed by atoms with Crippen molar-refractivity contribution in [3.8, 4) is 5.75 Å². The van der Waals surface area contributed by atoms with Crippen molar-refractivity contribution in [1.29, 1.82) is 0 Å². The maximum atomic E-state index is 12.0. The third-order valence-electron chi connectivity index (χ3n) is 3.74. The Morgan fingerprint density at radius 3 is 2.48 bits per heavy atom. The second-order valence-corrected chi connectivity index (χ2v) is 8.19. The average molecular weight is 368 g/mol. The lowest BCUT2D eigenvalue weighted by atomic mass is 10.0. The van der Waals surface area contributed by atoms with Crippen LogP contribution < -0.4 is 14.8 Å². The summed E-state index contributed by atoms with van der Waals surface area (Å²) in [5, 5.41) is 2.90. The van der Waals surface area contributed by atoms with Crippen LogP contribution >= 0.6 is 0 Å². The van der Waals surface area contributed by atoms with Gasteiger partial charge in [-0.15, -0.1) is 0 Å². The van der Waals surface area contributed by atoms with Gasteiger partial charge in [0.05, 0.1) is 7.11 Å². The van der Waals surface area contributed by atoms with E-state index >= 15 is 0 Å². The topological polar surface area (TPSA) is 84.5 Å². The van der Waals surface area contributed by atoms with Crippen LogP contribution in [-0.2, 0) is 14.8 Å². The maximum Gasteiger partial charge on any atom is 0.244 e. The molecule has 1 rings (SSSR count). The number of carbonyl (C=O) groups excluding carboxylic acids is 1. The molecule has 0 heterocycles. The minimum atomic E-state index is -3.65. The van der Waals surface area contributed by atoms with E-state index in [-0.39, 0.29) is 22.6 Å². The molecule has 0 spiro atoms. The van der Waals surface area contributed by atoms with Crippen LogP contribution in [-0.4, -0.2) is 34.5 Å². The molecular formula is C18H28N2O4S. The van der Waals surface area contributed by atoms with Crippen LogP contribution in [0.4, 0.5) is 0 Å². The Morgan fingerprint density at radius 2 is 1.92 bits per heavy atom. The lowest BCUT2D eigenvalue weighted by Gasteiger charge is -2.13. The second kappa shape index (κ2) is 9.58. The third kappa shape index (κ3) is 6.88. The van der Waals surface area contributed by atoms with Crippen LogP contribution in [0.1, 0.15) is 39.2 Å². The first-order valence-electron chi connectivity index (χ1n) is 8.29. The van der Waals surface area contributed by atoms with Gasteiger partial charge in [-0.25, -0.2) is 13.1 Å². The summed E-state index contributed by atoms with van der Waals surface area (Å²) in [6, 6.07) is 4.82. The molecule has 140 valence electrons. The van der Waals surface area contributed by atoms with Crippen molar-refractivity contribution in [2.24, 2.45) is 5.92 Å². The van der Waals surface area contributed by atoms with Gasteiger partial charge >= 0.3 is 0 Å². The highest BCUT2D eigenvalue weighted by molar-refractivity contribution is 7.89. The van der Waals surface area contributed by atoms with Crippen molar-refractivity contribution < 1.29 is 17.9 Å². The van der Waals surface area contributed by atoms with Gasteiger partial charge in [0.2, 0.25) is 15.9 Å². The van der Waals surface area contributed by atoms with Gasteiger partial charge in [-0.3, -0.25) is 4.79 Å². The van der Waals surface area contributed by atoms with Crippen LogP contribution in [0.2, 0.25) is 0 Å². The minimum absolute atomic E-state index is 0.0327. The standard InChI is InChI=1S/C18H28N2O4S/c1-13(2)6-7-14(3)20-18(21)11-9-15-8-10-16(24-5)17(12-15)25(22,23)19-4/h8-14,19H,6-7H2,1-5H3,(H,20,21)/b11-9+. The number of nitrogens with one attached hydrogen (secondary N) is 2. The van der Waals surface area contributed by atoms with E-state index in [1.54, 1.807) is 18.2 Å². The first-order chi connectivity index (χ1) is 11.7. The smallest absolute Gasteiger partial charge is 0.244 e. The van der Waals surface area contributed by atoms with Crippen LogP contribution in [0, 0.1) is 5.92 Å². The number of amides is 1. The van der Waals surface area contributed by atoms with Crippen molar-refractivity contribution in [2.45, 2.75) is 44.6 Å². The van der Waals surface area contributed by atoms with Gasteiger partial charge in [0.1, 0.15) is 10.6 Å². The number of ether oxygens (including phenoxy) is 1. The third-order valence-corrected chi connectivity index (χ3v) is 5.17. The zero-order valence-corrected chi connectivity index (χ0v) is 16.3. The highest BCUT2D eigenvalue weighted by Gasteiger charge is 2.17.